The fraction of sp³-hybridized carbons (Fsp3) is 0.800. The SMILES string of the molecule is CC1CC(C(=O)NC(C)C(=O)N2CCCCC2)(C(N)=S)C1. The molecule has 0 spiro atoms. The third-order valence-corrected chi connectivity index (χ3v) is 5.08. The minimum absolute atomic E-state index is 0.00601. The van der Waals surface area contributed by atoms with Crippen LogP contribution in [-0.4, -0.2) is 40.8 Å². The number of hydrogen-bond donors (Lipinski definition) is 2. The zero-order chi connectivity index (χ0) is 15.6. The lowest BCUT2D eigenvalue weighted by Crippen LogP contribution is -2.59. The summed E-state index contributed by atoms with van der Waals surface area (Å²) in [6.07, 6.45) is 4.62. The lowest BCUT2D eigenvalue weighted by atomic mass is 9.62. The van der Waals surface area contributed by atoms with Crippen molar-refractivity contribution in [2.24, 2.45) is 17.1 Å². The standard InChI is InChI=1S/C15H25N3O2S/c1-10-8-15(9-10,13(16)21)14(20)17-11(2)12(19)18-6-4-3-5-7-18/h10-11H,3-9H2,1-2H3,(H2,16,21)(H,17,20). The third-order valence-electron chi connectivity index (χ3n) is 4.69. The number of carbonyl (C=O) groups excluding carboxylic acids is 2. The van der Waals surface area contributed by atoms with E-state index in [1.165, 1.54) is 6.42 Å². The molecule has 2 amide bonds. The molecule has 6 heteroatoms. The number of nitrogens with zero attached hydrogens (tertiary/aromatic N) is 1. The van der Waals surface area contributed by atoms with Crippen LogP contribution in [0.15, 0.2) is 0 Å². The molecule has 118 valence electrons. The number of carbonyl (C=O) groups is 2. The molecule has 5 nitrogen and oxygen atoms in total. The molecule has 1 unspecified atom stereocenters. The fourth-order valence-corrected chi connectivity index (χ4v) is 3.67. The van der Waals surface area contributed by atoms with Crippen molar-refractivity contribution in [3.8, 4) is 0 Å². The van der Waals surface area contributed by atoms with Crippen LogP contribution in [0.4, 0.5) is 0 Å². The molecule has 21 heavy (non-hydrogen) atoms. The number of nitrogens with one attached hydrogen (secondary N) is 1. The van der Waals surface area contributed by atoms with Gasteiger partial charge < -0.3 is 16.0 Å². The van der Waals surface area contributed by atoms with Crippen molar-refractivity contribution in [3.63, 3.8) is 0 Å². The molecule has 3 N–H and O–H groups in total. The Morgan fingerprint density at radius 3 is 2.33 bits per heavy atom. The predicted octanol–water partition coefficient (Wildman–Crippen LogP) is 1.21. The lowest BCUT2D eigenvalue weighted by molar-refractivity contribution is -0.140. The summed E-state index contributed by atoms with van der Waals surface area (Å²) in [6, 6.07) is -0.516. The molecule has 1 aliphatic carbocycles. The summed E-state index contributed by atoms with van der Waals surface area (Å²) in [5.41, 5.74) is 5.02. The largest absolute Gasteiger partial charge is 0.392 e. The Kier molecular flexibility index (Phi) is 4.86. The summed E-state index contributed by atoms with van der Waals surface area (Å²) in [7, 11) is 0. The highest BCUT2D eigenvalue weighted by molar-refractivity contribution is 7.80. The molecular weight excluding hydrogens is 286 g/mol. The molecule has 2 rings (SSSR count). The molecule has 2 fully saturated rings. The average Bonchev–Trinajstić information content (AvgIpc) is 2.43. The molecule has 1 saturated carbocycles. The Balaban J connectivity index is 1.95. The van der Waals surface area contributed by atoms with Gasteiger partial charge in [0.15, 0.2) is 0 Å². The summed E-state index contributed by atoms with van der Waals surface area (Å²) >= 11 is 5.08. The van der Waals surface area contributed by atoms with E-state index in [0.717, 1.165) is 25.9 Å². The summed E-state index contributed by atoms with van der Waals surface area (Å²) < 4.78 is 0. The van der Waals surface area contributed by atoms with Crippen LogP contribution in [0.5, 0.6) is 0 Å². The van der Waals surface area contributed by atoms with Gasteiger partial charge in [-0.1, -0.05) is 19.1 Å². The quantitative estimate of drug-likeness (QED) is 0.765. The van der Waals surface area contributed by atoms with E-state index in [0.29, 0.717) is 18.8 Å². The Morgan fingerprint density at radius 1 is 1.29 bits per heavy atom. The van der Waals surface area contributed by atoms with E-state index < -0.39 is 11.5 Å². The maximum atomic E-state index is 12.5. The molecule has 1 atom stereocenters. The van der Waals surface area contributed by atoms with E-state index in [2.05, 4.69) is 12.2 Å². The van der Waals surface area contributed by atoms with Gasteiger partial charge in [0.2, 0.25) is 11.8 Å². The van der Waals surface area contributed by atoms with Gasteiger partial charge in [0.05, 0.1) is 10.4 Å². The van der Waals surface area contributed by atoms with Gasteiger partial charge in [0.25, 0.3) is 0 Å². The number of amides is 2. The smallest absolute Gasteiger partial charge is 0.244 e. The number of thiocarbonyl (C=S) groups is 1. The first-order valence-corrected chi connectivity index (χ1v) is 8.17. The second-order valence-electron chi connectivity index (χ2n) is 6.54. The van der Waals surface area contributed by atoms with Gasteiger partial charge in [-0.3, -0.25) is 9.59 Å². The highest BCUT2D eigenvalue weighted by Crippen LogP contribution is 2.46. The summed E-state index contributed by atoms with van der Waals surface area (Å²) in [6.45, 7) is 5.39. The third kappa shape index (κ3) is 3.20. The Bertz CT molecular complexity index is 440. The Labute approximate surface area is 131 Å². The topological polar surface area (TPSA) is 75.4 Å². The predicted molar refractivity (Wildman–Crippen MR) is 85.7 cm³/mol. The van der Waals surface area contributed by atoms with Crippen LogP contribution in [0, 0.1) is 11.3 Å². The Morgan fingerprint density at radius 2 is 1.86 bits per heavy atom. The van der Waals surface area contributed by atoms with Crippen LogP contribution >= 0.6 is 12.2 Å². The van der Waals surface area contributed by atoms with Crippen molar-refractivity contribution < 1.29 is 9.59 Å². The molecule has 1 aliphatic heterocycles. The number of hydrogen-bond acceptors (Lipinski definition) is 3. The molecule has 0 aromatic heterocycles. The van der Waals surface area contributed by atoms with E-state index in [4.69, 9.17) is 18.0 Å². The second kappa shape index (κ2) is 6.30. The van der Waals surface area contributed by atoms with Gasteiger partial charge in [-0.2, -0.15) is 0 Å². The highest BCUT2D eigenvalue weighted by atomic mass is 32.1. The van der Waals surface area contributed by atoms with Gasteiger partial charge in [-0.15, -0.1) is 0 Å². The maximum Gasteiger partial charge on any atom is 0.244 e. The van der Waals surface area contributed by atoms with Crippen LogP contribution in [0.25, 0.3) is 0 Å². The molecule has 0 radical (unpaired) electrons. The molecule has 2 aliphatic rings. The first-order chi connectivity index (χ1) is 9.86. The minimum atomic E-state index is -0.745. The second-order valence-corrected chi connectivity index (χ2v) is 6.98. The van der Waals surface area contributed by atoms with E-state index >= 15 is 0 Å². The Hall–Kier alpha value is -1.17. The molecule has 0 aromatic rings. The van der Waals surface area contributed by atoms with Crippen molar-refractivity contribution in [1.29, 1.82) is 0 Å². The van der Waals surface area contributed by atoms with E-state index in [1.807, 2.05) is 4.90 Å². The van der Waals surface area contributed by atoms with Gasteiger partial charge in [-0.05, 0) is 44.9 Å². The summed E-state index contributed by atoms with van der Waals surface area (Å²) in [4.78, 5) is 26.9. The zero-order valence-electron chi connectivity index (χ0n) is 12.9. The molecular formula is C15H25N3O2S. The molecule has 0 aromatic carbocycles. The fourth-order valence-electron chi connectivity index (χ4n) is 3.41. The summed E-state index contributed by atoms with van der Waals surface area (Å²) in [5.74, 6) is 0.254. The van der Waals surface area contributed by atoms with Crippen LogP contribution in [0.1, 0.15) is 46.0 Å². The number of nitrogens with two attached hydrogens (primary N) is 1. The normalized spacial score (nSPS) is 30.2. The van der Waals surface area contributed by atoms with Crippen molar-refractivity contribution in [1.82, 2.24) is 10.2 Å². The summed E-state index contributed by atoms with van der Waals surface area (Å²) in [5, 5.41) is 2.82. The van der Waals surface area contributed by atoms with Crippen LogP contribution < -0.4 is 11.1 Å². The van der Waals surface area contributed by atoms with Crippen LogP contribution in [0.3, 0.4) is 0 Å². The first kappa shape index (κ1) is 16.2. The van der Waals surface area contributed by atoms with Crippen molar-refractivity contribution in [2.75, 3.05) is 13.1 Å². The lowest BCUT2D eigenvalue weighted by Gasteiger charge is -2.44. The van der Waals surface area contributed by atoms with Crippen molar-refractivity contribution in [2.45, 2.75) is 52.0 Å². The number of piperidine rings is 1. The highest BCUT2D eigenvalue weighted by Gasteiger charge is 2.51. The minimum Gasteiger partial charge on any atom is -0.392 e. The van der Waals surface area contributed by atoms with E-state index in [1.54, 1.807) is 6.92 Å². The van der Waals surface area contributed by atoms with E-state index in [-0.39, 0.29) is 16.8 Å². The monoisotopic (exact) mass is 311 g/mol. The molecule has 1 saturated heterocycles. The average molecular weight is 311 g/mol. The van der Waals surface area contributed by atoms with Gasteiger partial charge in [-0.25, -0.2) is 0 Å². The number of likely N-dealkylation sites (tertiary alicyclic amines) is 1. The van der Waals surface area contributed by atoms with Gasteiger partial charge in [0, 0.05) is 13.1 Å². The zero-order valence-corrected chi connectivity index (χ0v) is 13.7. The van der Waals surface area contributed by atoms with Crippen molar-refractivity contribution >= 4 is 29.0 Å². The van der Waals surface area contributed by atoms with E-state index in [9.17, 15) is 9.59 Å². The van der Waals surface area contributed by atoms with Gasteiger partial charge in [0.1, 0.15) is 6.04 Å². The van der Waals surface area contributed by atoms with Crippen LogP contribution in [-0.2, 0) is 9.59 Å². The number of rotatable bonds is 4. The van der Waals surface area contributed by atoms with Crippen molar-refractivity contribution in [3.05, 3.63) is 0 Å². The maximum absolute atomic E-state index is 12.5. The van der Waals surface area contributed by atoms with Crippen LogP contribution in [0.2, 0.25) is 0 Å². The molecule has 0 bridgehead atoms. The molecule has 1 heterocycles. The van der Waals surface area contributed by atoms with Gasteiger partial charge >= 0.3 is 0 Å². The first-order valence-electron chi connectivity index (χ1n) is 7.76.